The number of rotatable bonds is 7. The Kier molecular flexibility index (Phi) is 5.74. The van der Waals surface area contributed by atoms with Crippen LogP contribution in [-0.4, -0.2) is 34.3 Å². The number of hydrogen-bond acceptors (Lipinski definition) is 6. The molecule has 0 spiro atoms. The predicted octanol–water partition coefficient (Wildman–Crippen LogP) is 1.82. The lowest BCUT2D eigenvalue weighted by Gasteiger charge is -2.14. The molecular formula is C19H21N3O4S2. The third-order valence-electron chi connectivity index (χ3n) is 4.85. The zero-order valence-corrected chi connectivity index (χ0v) is 16.9. The Labute approximate surface area is 169 Å². The van der Waals surface area contributed by atoms with Crippen molar-refractivity contribution >= 4 is 38.8 Å². The van der Waals surface area contributed by atoms with Gasteiger partial charge in [0.1, 0.15) is 11.2 Å². The van der Waals surface area contributed by atoms with E-state index in [-0.39, 0.29) is 24.1 Å². The van der Waals surface area contributed by atoms with Gasteiger partial charge in [-0.3, -0.25) is 18.7 Å². The van der Waals surface area contributed by atoms with Crippen molar-refractivity contribution in [1.82, 2.24) is 14.5 Å². The van der Waals surface area contributed by atoms with E-state index < -0.39 is 5.69 Å². The first-order valence-corrected chi connectivity index (χ1v) is 11.0. The first-order chi connectivity index (χ1) is 13.6. The summed E-state index contributed by atoms with van der Waals surface area (Å²) in [4.78, 5) is 39.3. The first kappa shape index (κ1) is 19.1. The van der Waals surface area contributed by atoms with Gasteiger partial charge in [-0.05, 0) is 42.2 Å². The van der Waals surface area contributed by atoms with Gasteiger partial charge in [-0.25, -0.2) is 4.79 Å². The van der Waals surface area contributed by atoms with Crippen LogP contribution in [0.2, 0.25) is 0 Å². The van der Waals surface area contributed by atoms with E-state index in [2.05, 4.69) is 5.32 Å². The van der Waals surface area contributed by atoms with Gasteiger partial charge in [0.2, 0.25) is 5.91 Å². The van der Waals surface area contributed by atoms with Crippen LogP contribution in [-0.2, 0) is 29.0 Å². The number of ether oxygens (including phenoxy) is 1. The van der Waals surface area contributed by atoms with E-state index in [0.717, 1.165) is 24.3 Å². The summed E-state index contributed by atoms with van der Waals surface area (Å²) in [6, 6.07) is 5.65. The summed E-state index contributed by atoms with van der Waals surface area (Å²) >= 11 is 2.89. The summed E-state index contributed by atoms with van der Waals surface area (Å²) in [5.74, 6) is -0.256. The van der Waals surface area contributed by atoms with Crippen molar-refractivity contribution in [3.05, 3.63) is 54.7 Å². The van der Waals surface area contributed by atoms with Gasteiger partial charge in [-0.2, -0.15) is 0 Å². The highest BCUT2D eigenvalue weighted by atomic mass is 32.1. The van der Waals surface area contributed by atoms with Crippen LogP contribution in [0.25, 0.3) is 10.2 Å². The molecule has 3 aromatic heterocycles. The van der Waals surface area contributed by atoms with E-state index in [1.54, 1.807) is 22.8 Å². The molecule has 4 heterocycles. The van der Waals surface area contributed by atoms with Crippen LogP contribution in [0, 0.1) is 0 Å². The van der Waals surface area contributed by atoms with Crippen molar-refractivity contribution in [2.24, 2.45) is 0 Å². The number of hydrogen-bond donors (Lipinski definition) is 1. The molecule has 7 nitrogen and oxygen atoms in total. The van der Waals surface area contributed by atoms with Crippen LogP contribution in [0.4, 0.5) is 0 Å². The quantitative estimate of drug-likeness (QED) is 0.633. The van der Waals surface area contributed by atoms with Crippen molar-refractivity contribution in [3.63, 3.8) is 0 Å². The highest BCUT2D eigenvalue weighted by molar-refractivity contribution is 7.17. The molecule has 9 heteroatoms. The van der Waals surface area contributed by atoms with Crippen molar-refractivity contribution in [3.8, 4) is 0 Å². The maximum Gasteiger partial charge on any atom is 0.332 e. The SMILES string of the molecule is O=C(Cn1c(=O)n(CCc2cccs2)c(=O)c2sccc21)NC[C@H]1CCCO1. The molecule has 0 aliphatic carbocycles. The molecule has 1 amide bonds. The van der Waals surface area contributed by atoms with E-state index in [9.17, 15) is 14.4 Å². The molecule has 1 aliphatic rings. The number of aryl methyl sites for hydroxylation is 1. The summed E-state index contributed by atoms with van der Waals surface area (Å²) in [6.45, 7) is 1.35. The molecule has 0 unspecified atom stereocenters. The molecule has 0 radical (unpaired) electrons. The zero-order valence-electron chi connectivity index (χ0n) is 15.3. The average Bonchev–Trinajstić information content (AvgIpc) is 3.45. The molecule has 28 heavy (non-hydrogen) atoms. The summed E-state index contributed by atoms with van der Waals surface area (Å²) in [5, 5.41) is 6.58. The van der Waals surface area contributed by atoms with Crippen LogP contribution in [0.15, 0.2) is 38.5 Å². The van der Waals surface area contributed by atoms with Crippen LogP contribution in [0.1, 0.15) is 17.7 Å². The Bertz CT molecular complexity index is 1070. The number of carbonyl (C=O) groups is 1. The summed E-state index contributed by atoms with van der Waals surface area (Å²) in [7, 11) is 0. The van der Waals surface area contributed by atoms with E-state index in [1.165, 1.54) is 20.5 Å². The maximum atomic E-state index is 13.0. The monoisotopic (exact) mass is 419 g/mol. The molecule has 0 bridgehead atoms. The second-order valence-electron chi connectivity index (χ2n) is 6.73. The Morgan fingerprint density at radius 3 is 2.86 bits per heavy atom. The molecule has 0 saturated carbocycles. The summed E-state index contributed by atoms with van der Waals surface area (Å²) < 4.78 is 8.65. The Morgan fingerprint density at radius 2 is 2.11 bits per heavy atom. The Morgan fingerprint density at radius 1 is 1.21 bits per heavy atom. The number of nitrogens with one attached hydrogen (secondary N) is 1. The van der Waals surface area contributed by atoms with Gasteiger partial charge in [0.25, 0.3) is 5.56 Å². The normalized spacial score (nSPS) is 16.6. The van der Waals surface area contributed by atoms with E-state index in [1.807, 2.05) is 17.5 Å². The van der Waals surface area contributed by atoms with E-state index in [0.29, 0.717) is 29.7 Å². The Balaban J connectivity index is 1.57. The standard InChI is InChI=1S/C19H21N3O4S2/c23-16(20-11-13-3-1-8-26-13)12-22-15-6-10-28-17(15)18(24)21(19(22)25)7-5-14-4-2-9-27-14/h2,4,6,9-10,13H,1,3,5,7-8,11-12H2,(H,20,23)/t13-/m1/s1. The third kappa shape index (κ3) is 3.96. The van der Waals surface area contributed by atoms with E-state index >= 15 is 0 Å². The molecule has 1 N–H and O–H groups in total. The molecule has 1 atom stereocenters. The van der Waals surface area contributed by atoms with Crippen molar-refractivity contribution < 1.29 is 9.53 Å². The molecule has 4 rings (SSSR count). The van der Waals surface area contributed by atoms with Gasteiger partial charge < -0.3 is 10.1 Å². The largest absolute Gasteiger partial charge is 0.376 e. The van der Waals surface area contributed by atoms with Crippen LogP contribution in [0.5, 0.6) is 0 Å². The lowest BCUT2D eigenvalue weighted by Crippen LogP contribution is -2.43. The van der Waals surface area contributed by atoms with Gasteiger partial charge in [0.05, 0.1) is 11.6 Å². The summed E-state index contributed by atoms with van der Waals surface area (Å²) in [6.07, 6.45) is 2.59. The molecule has 148 valence electrons. The van der Waals surface area contributed by atoms with E-state index in [4.69, 9.17) is 4.74 Å². The molecule has 1 fully saturated rings. The fourth-order valence-corrected chi connectivity index (χ4v) is 4.93. The number of carbonyl (C=O) groups excluding carboxylic acids is 1. The molecule has 3 aromatic rings. The van der Waals surface area contributed by atoms with Crippen LogP contribution >= 0.6 is 22.7 Å². The number of fused-ring (bicyclic) bond motifs is 1. The number of nitrogens with zero attached hydrogens (tertiary/aromatic N) is 2. The lowest BCUT2D eigenvalue weighted by molar-refractivity contribution is -0.122. The van der Waals surface area contributed by atoms with Crippen molar-refractivity contribution in [1.29, 1.82) is 0 Å². The maximum absolute atomic E-state index is 13.0. The lowest BCUT2D eigenvalue weighted by atomic mass is 10.2. The topological polar surface area (TPSA) is 82.3 Å². The van der Waals surface area contributed by atoms with Gasteiger partial charge in [-0.15, -0.1) is 22.7 Å². The number of thiophene rings is 2. The van der Waals surface area contributed by atoms with Gasteiger partial charge in [0, 0.05) is 24.6 Å². The van der Waals surface area contributed by atoms with Crippen LogP contribution in [0.3, 0.4) is 0 Å². The number of aromatic nitrogens is 2. The smallest absolute Gasteiger partial charge is 0.332 e. The fraction of sp³-hybridized carbons (Fsp3) is 0.421. The van der Waals surface area contributed by atoms with Crippen LogP contribution < -0.4 is 16.6 Å². The third-order valence-corrected chi connectivity index (χ3v) is 6.68. The minimum absolute atomic E-state index is 0.0431. The molecule has 0 aromatic carbocycles. The van der Waals surface area contributed by atoms with Gasteiger partial charge in [0.15, 0.2) is 0 Å². The Hall–Kier alpha value is -2.23. The molecule has 1 saturated heterocycles. The minimum atomic E-state index is -0.445. The second kappa shape index (κ2) is 8.42. The average molecular weight is 420 g/mol. The summed E-state index contributed by atoms with van der Waals surface area (Å²) in [5.41, 5.74) is -0.220. The van der Waals surface area contributed by atoms with Gasteiger partial charge in [-0.1, -0.05) is 6.07 Å². The van der Waals surface area contributed by atoms with Crippen molar-refractivity contribution in [2.75, 3.05) is 13.2 Å². The predicted molar refractivity (Wildman–Crippen MR) is 110 cm³/mol. The first-order valence-electron chi connectivity index (χ1n) is 9.25. The molecule has 1 aliphatic heterocycles. The second-order valence-corrected chi connectivity index (χ2v) is 8.68. The number of amides is 1. The fourth-order valence-electron chi connectivity index (χ4n) is 3.39. The molecular weight excluding hydrogens is 398 g/mol. The van der Waals surface area contributed by atoms with Gasteiger partial charge >= 0.3 is 5.69 Å². The minimum Gasteiger partial charge on any atom is -0.376 e. The highest BCUT2D eigenvalue weighted by Crippen LogP contribution is 2.16. The van der Waals surface area contributed by atoms with Crippen molar-refractivity contribution in [2.45, 2.75) is 38.5 Å². The highest BCUT2D eigenvalue weighted by Gasteiger charge is 2.19. The zero-order chi connectivity index (χ0) is 19.5.